The van der Waals surface area contributed by atoms with Crippen molar-refractivity contribution in [1.82, 2.24) is 0 Å². The van der Waals surface area contributed by atoms with Crippen molar-refractivity contribution in [2.45, 2.75) is 309 Å². The molecule has 0 aromatic carbocycles. The molecule has 0 heterocycles. The Labute approximate surface area is 416 Å². The van der Waals surface area contributed by atoms with Crippen LogP contribution in [0.4, 0.5) is 0 Å². The third kappa shape index (κ3) is 54.2. The fourth-order valence-electron chi connectivity index (χ4n) is 8.39. The van der Waals surface area contributed by atoms with Crippen molar-refractivity contribution in [2.75, 3.05) is 13.2 Å². The highest BCUT2D eigenvalue weighted by molar-refractivity contribution is 5.71. The molecule has 390 valence electrons. The molecule has 6 nitrogen and oxygen atoms in total. The Morgan fingerprint density at radius 3 is 0.866 bits per heavy atom. The van der Waals surface area contributed by atoms with Crippen LogP contribution in [0.1, 0.15) is 303 Å². The summed E-state index contributed by atoms with van der Waals surface area (Å²) in [7, 11) is 0. The zero-order valence-electron chi connectivity index (χ0n) is 44.7. The number of hydrogen-bond acceptors (Lipinski definition) is 6. The number of rotatable bonds is 53. The van der Waals surface area contributed by atoms with Crippen molar-refractivity contribution in [3.05, 3.63) is 48.6 Å². The van der Waals surface area contributed by atoms with Crippen LogP contribution in [0.3, 0.4) is 0 Å². The van der Waals surface area contributed by atoms with Gasteiger partial charge in [-0.05, 0) is 83.5 Å². The zero-order valence-corrected chi connectivity index (χ0v) is 44.7. The highest BCUT2D eigenvalue weighted by Crippen LogP contribution is 2.16. The quantitative estimate of drug-likeness (QED) is 0.0262. The van der Waals surface area contributed by atoms with E-state index in [1.165, 1.54) is 173 Å². The van der Waals surface area contributed by atoms with Crippen molar-refractivity contribution in [3.63, 3.8) is 0 Å². The lowest BCUT2D eigenvalue weighted by atomic mass is 10.0. The average molecular weight is 940 g/mol. The molecule has 0 spiro atoms. The van der Waals surface area contributed by atoms with Crippen molar-refractivity contribution in [3.8, 4) is 0 Å². The molecule has 0 aliphatic heterocycles. The van der Waals surface area contributed by atoms with Crippen LogP contribution in [-0.2, 0) is 28.6 Å². The van der Waals surface area contributed by atoms with E-state index in [0.717, 1.165) is 89.9 Å². The Morgan fingerprint density at radius 1 is 0.299 bits per heavy atom. The normalized spacial score (nSPS) is 12.3. The summed E-state index contributed by atoms with van der Waals surface area (Å²) in [6, 6.07) is 0. The third-order valence-electron chi connectivity index (χ3n) is 12.8. The van der Waals surface area contributed by atoms with E-state index in [0.29, 0.717) is 19.3 Å². The largest absolute Gasteiger partial charge is 0.462 e. The van der Waals surface area contributed by atoms with Gasteiger partial charge in [0.05, 0.1) is 0 Å². The predicted octanol–water partition coefficient (Wildman–Crippen LogP) is 19.4. The molecule has 0 bridgehead atoms. The van der Waals surface area contributed by atoms with Crippen LogP contribution in [0, 0.1) is 0 Å². The minimum absolute atomic E-state index is 0.0759. The number of hydrogen-bond donors (Lipinski definition) is 0. The van der Waals surface area contributed by atoms with Crippen molar-refractivity contribution in [2.24, 2.45) is 0 Å². The van der Waals surface area contributed by atoms with E-state index in [9.17, 15) is 14.4 Å². The summed E-state index contributed by atoms with van der Waals surface area (Å²) in [6.07, 6.45) is 68.1. The maximum atomic E-state index is 12.8. The molecule has 0 aliphatic rings. The first-order chi connectivity index (χ1) is 33.0. The Kier molecular flexibility index (Phi) is 53.8. The first kappa shape index (κ1) is 64.4. The molecule has 0 aliphatic carbocycles. The van der Waals surface area contributed by atoms with Crippen LogP contribution in [0.15, 0.2) is 48.6 Å². The number of ether oxygens (including phenoxy) is 3. The first-order valence-electron chi connectivity index (χ1n) is 29.1. The number of carbonyl (C=O) groups is 3. The highest BCUT2D eigenvalue weighted by Gasteiger charge is 2.19. The summed E-state index contributed by atoms with van der Waals surface area (Å²) in [5.41, 5.74) is 0. The highest BCUT2D eigenvalue weighted by atomic mass is 16.6. The summed E-state index contributed by atoms with van der Waals surface area (Å²) in [5.74, 6) is -0.879. The van der Waals surface area contributed by atoms with Gasteiger partial charge in [0.15, 0.2) is 6.10 Å². The van der Waals surface area contributed by atoms with Gasteiger partial charge in [-0.1, -0.05) is 249 Å². The summed E-state index contributed by atoms with van der Waals surface area (Å²) >= 11 is 0. The third-order valence-corrected chi connectivity index (χ3v) is 12.8. The molecule has 0 radical (unpaired) electrons. The SMILES string of the molecule is CCCCCC/C=C\CCCCCCCC(=O)OC(COC(=O)CCCCCCCCCC/C=C\C/C=C\C/C=C\CCCCCCC)COC(=O)CCCCCCCCCCCCCCC. The van der Waals surface area contributed by atoms with E-state index in [1.54, 1.807) is 0 Å². The van der Waals surface area contributed by atoms with E-state index in [-0.39, 0.29) is 31.1 Å². The molecule has 1 atom stereocenters. The van der Waals surface area contributed by atoms with E-state index in [2.05, 4.69) is 69.4 Å². The molecule has 0 N–H and O–H groups in total. The molecule has 67 heavy (non-hydrogen) atoms. The van der Waals surface area contributed by atoms with Gasteiger partial charge in [-0.25, -0.2) is 0 Å². The number of esters is 3. The van der Waals surface area contributed by atoms with Gasteiger partial charge in [0.2, 0.25) is 0 Å². The van der Waals surface area contributed by atoms with Crippen molar-refractivity contribution < 1.29 is 28.6 Å². The Balaban J connectivity index is 4.30. The monoisotopic (exact) mass is 939 g/mol. The Bertz CT molecular complexity index is 1170. The van der Waals surface area contributed by atoms with Crippen LogP contribution in [0.25, 0.3) is 0 Å². The van der Waals surface area contributed by atoms with E-state index in [1.807, 2.05) is 0 Å². The standard InChI is InChI=1S/C61H110O6/c1-4-7-10-13-16-19-22-25-26-27-28-29-30-31-32-33-34-37-39-42-45-48-51-54-60(63)66-57-58(67-61(64)55-52-49-46-43-40-36-24-21-18-15-12-9-6-3)56-65-59(62)53-50-47-44-41-38-35-23-20-17-14-11-8-5-2/h21-22,24-25,27-28,30-31,58H,4-20,23,26,29,32-57H2,1-3H3/b24-21-,25-22-,28-27-,31-30-. The molecule has 0 fully saturated rings. The van der Waals surface area contributed by atoms with Gasteiger partial charge >= 0.3 is 17.9 Å². The first-order valence-corrected chi connectivity index (χ1v) is 29.1. The van der Waals surface area contributed by atoms with Gasteiger partial charge in [-0.15, -0.1) is 0 Å². The van der Waals surface area contributed by atoms with Crippen LogP contribution in [-0.4, -0.2) is 37.2 Å². The summed E-state index contributed by atoms with van der Waals surface area (Å²) < 4.78 is 16.8. The summed E-state index contributed by atoms with van der Waals surface area (Å²) in [6.45, 7) is 6.63. The van der Waals surface area contributed by atoms with Crippen molar-refractivity contribution >= 4 is 17.9 Å². The van der Waals surface area contributed by atoms with Gasteiger partial charge < -0.3 is 14.2 Å². The molecule has 1 unspecified atom stereocenters. The molecule has 6 heteroatoms. The second kappa shape index (κ2) is 56.0. The summed E-state index contributed by atoms with van der Waals surface area (Å²) in [4.78, 5) is 38.1. The molecule has 0 saturated carbocycles. The Hall–Kier alpha value is -2.63. The van der Waals surface area contributed by atoms with Gasteiger partial charge in [0, 0.05) is 19.3 Å². The number of allylic oxidation sites excluding steroid dienone is 8. The Morgan fingerprint density at radius 2 is 0.537 bits per heavy atom. The lowest BCUT2D eigenvalue weighted by Gasteiger charge is -2.18. The number of carbonyl (C=O) groups excluding carboxylic acids is 3. The molecule has 0 amide bonds. The number of unbranched alkanes of at least 4 members (excludes halogenated alkanes) is 34. The van der Waals surface area contributed by atoms with E-state index in [4.69, 9.17) is 14.2 Å². The van der Waals surface area contributed by atoms with Crippen LogP contribution < -0.4 is 0 Å². The lowest BCUT2D eigenvalue weighted by molar-refractivity contribution is -0.167. The van der Waals surface area contributed by atoms with Gasteiger partial charge in [0.1, 0.15) is 13.2 Å². The maximum absolute atomic E-state index is 12.8. The van der Waals surface area contributed by atoms with E-state index >= 15 is 0 Å². The smallest absolute Gasteiger partial charge is 0.306 e. The van der Waals surface area contributed by atoms with E-state index < -0.39 is 6.10 Å². The van der Waals surface area contributed by atoms with Gasteiger partial charge in [0.25, 0.3) is 0 Å². The molecule has 0 aromatic rings. The van der Waals surface area contributed by atoms with Gasteiger partial charge in [-0.3, -0.25) is 14.4 Å². The molecule has 0 saturated heterocycles. The fraction of sp³-hybridized carbons (Fsp3) is 0.820. The minimum Gasteiger partial charge on any atom is -0.462 e. The zero-order chi connectivity index (χ0) is 48.6. The lowest BCUT2D eigenvalue weighted by Crippen LogP contribution is -2.30. The summed E-state index contributed by atoms with van der Waals surface area (Å²) in [5, 5.41) is 0. The molecular formula is C61H110O6. The second-order valence-corrected chi connectivity index (χ2v) is 19.6. The van der Waals surface area contributed by atoms with Gasteiger partial charge in [-0.2, -0.15) is 0 Å². The fourth-order valence-corrected chi connectivity index (χ4v) is 8.39. The maximum Gasteiger partial charge on any atom is 0.306 e. The minimum atomic E-state index is -0.778. The molecular weight excluding hydrogens is 829 g/mol. The molecule has 0 rings (SSSR count). The van der Waals surface area contributed by atoms with Crippen LogP contribution in [0.2, 0.25) is 0 Å². The van der Waals surface area contributed by atoms with Crippen molar-refractivity contribution in [1.29, 1.82) is 0 Å². The van der Waals surface area contributed by atoms with Crippen LogP contribution in [0.5, 0.6) is 0 Å². The van der Waals surface area contributed by atoms with Crippen LogP contribution >= 0.6 is 0 Å². The topological polar surface area (TPSA) is 78.9 Å². The predicted molar refractivity (Wildman–Crippen MR) is 289 cm³/mol. The second-order valence-electron chi connectivity index (χ2n) is 19.6. The molecule has 0 aromatic heterocycles. The average Bonchev–Trinajstić information content (AvgIpc) is 3.33.